The molecule has 1 atom stereocenters. The summed E-state index contributed by atoms with van der Waals surface area (Å²) < 4.78 is 19.6. The van der Waals surface area contributed by atoms with Crippen molar-refractivity contribution in [3.8, 4) is 17.2 Å². The van der Waals surface area contributed by atoms with E-state index in [0.717, 1.165) is 44.6 Å². The molecule has 0 saturated heterocycles. The highest BCUT2D eigenvalue weighted by Gasteiger charge is 2.24. The molecule has 2 aromatic heterocycles. The van der Waals surface area contributed by atoms with Gasteiger partial charge in [-0.15, -0.1) is 0 Å². The van der Waals surface area contributed by atoms with Gasteiger partial charge in [-0.2, -0.15) is 0 Å². The van der Waals surface area contributed by atoms with Gasteiger partial charge in [0.2, 0.25) is 5.91 Å². The van der Waals surface area contributed by atoms with Crippen molar-refractivity contribution < 1.29 is 19.0 Å². The standard InChI is InChI=1S/C40H39N3O4/c1-45-33-18-15-29(16-19-33)26-43-27-36(34-13-6-7-14-37(34)43)35(25-40(44)42-23-21-32-12-8-9-22-41-32)31-17-20-38(46-2)39(24-31)47-28-30-10-4-3-5-11-30/h3-20,22,24,27,35H,21,23,25-26,28H2,1-2H3,(H,42,44)/t35-/m1/s1. The van der Waals surface area contributed by atoms with E-state index in [-0.39, 0.29) is 18.2 Å². The van der Waals surface area contributed by atoms with Crippen LogP contribution in [0.25, 0.3) is 10.9 Å². The Kier molecular flexibility index (Phi) is 10.1. The Morgan fingerprint density at radius 2 is 1.60 bits per heavy atom. The predicted molar refractivity (Wildman–Crippen MR) is 185 cm³/mol. The zero-order valence-corrected chi connectivity index (χ0v) is 26.8. The van der Waals surface area contributed by atoms with E-state index >= 15 is 0 Å². The molecule has 0 aliphatic carbocycles. The molecule has 0 aliphatic rings. The molecule has 0 saturated carbocycles. The largest absolute Gasteiger partial charge is 0.497 e. The molecule has 2 heterocycles. The van der Waals surface area contributed by atoms with Crippen LogP contribution in [0.4, 0.5) is 0 Å². The summed E-state index contributed by atoms with van der Waals surface area (Å²) in [7, 11) is 3.32. The van der Waals surface area contributed by atoms with Crippen molar-refractivity contribution in [2.45, 2.75) is 31.9 Å². The summed E-state index contributed by atoms with van der Waals surface area (Å²) in [6, 6.07) is 38.4. The van der Waals surface area contributed by atoms with Crippen molar-refractivity contribution >= 4 is 16.8 Å². The molecule has 47 heavy (non-hydrogen) atoms. The fourth-order valence-corrected chi connectivity index (χ4v) is 5.91. The summed E-state index contributed by atoms with van der Waals surface area (Å²) >= 11 is 0. The average Bonchev–Trinajstić information content (AvgIpc) is 3.48. The number of benzene rings is 4. The maximum atomic E-state index is 13.6. The van der Waals surface area contributed by atoms with Gasteiger partial charge >= 0.3 is 0 Å². The van der Waals surface area contributed by atoms with E-state index in [1.54, 1.807) is 20.4 Å². The number of hydrogen-bond acceptors (Lipinski definition) is 5. The molecule has 0 spiro atoms. The second-order valence-corrected chi connectivity index (χ2v) is 11.4. The Morgan fingerprint density at radius 1 is 0.809 bits per heavy atom. The summed E-state index contributed by atoms with van der Waals surface area (Å²) in [4.78, 5) is 18.0. The number of ether oxygens (including phenoxy) is 3. The monoisotopic (exact) mass is 625 g/mol. The third-order valence-corrected chi connectivity index (χ3v) is 8.35. The Hall–Kier alpha value is -5.56. The summed E-state index contributed by atoms with van der Waals surface area (Å²) in [6.07, 6.45) is 4.90. The van der Waals surface area contributed by atoms with Crippen molar-refractivity contribution in [3.63, 3.8) is 0 Å². The first kappa shape index (κ1) is 31.4. The number of fused-ring (bicyclic) bond motifs is 1. The molecule has 7 nitrogen and oxygen atoms in total. The highest BCUT2D eigenvalue weighted by molar-refractivity contribution is 5.87. The van der Waals surface area contributed by atoms with Crippen LogP contribution in [0.2, 0.25) is 0 Å². The van der Waals surface area contributed by atoms with Gasteiger partial charge in [0.05, 0.1) is 14.2 Å². The number of nitrogens with zero attached hydrogens (tertiary/aromatic N) is 2. The van der Waals surface area contributed by atoms with Crippen molar-refractivity contribution in [3.05, 3.63) is 156 Å². The van der Waals surface area contributed by atoms with Crippen molar-refractivity contribution in [2.75, 3.05) is 20.8 Å². The number of para-hydroxylation sites is 1. The number of carbonyl (C=O) groups is 1. The van der Waals surface area contributed by atoms with E-state index < -0.39 is 0 Å². The first-order valence-electron chi connectivity index (χ1n) is 15.8. The molecule has 4 aromatic carbocycles. The Morgan fingerprint density at radius 3 is 2.36 bits per heavy atom. The molecule has 0 aliphatic heterocycles. The van der Waals surface area contributed by atoms with Crippen LogP contribution in [-0.2, 0) is 24.4 Å². The van der Waals surface area contributed by atoms with E-state index in [0.29, 0.717) is 37.6 Å². The number of amides is 1. The van der Waals surface area contributed by atoms with Gasteiger partial charge in [-0.1, -0.05) is 72.8 Å². The maximum absolute atomic E-state index is 13.6. The molecular formula is C40H39N3O4. The molecular weight excluding hydrogens is 586 g/mol. The Balaban J connectivity index is 1.34. The SMILES string of the molecule is COc1ccc(Cn2cc([C@H](CC(=O)NCCc3ccccn3)c3ccc(OC)c(OCc4ccccc4)c3)c3ccccc32)cc1. The fraction of sp³-hybridized carbons (Fsp3) is 0.200. The lowest BCUT2D eigenvalue weighted by Gasteiger charge is -2.20. The lowest BCUT2D eigenvalue weighted by Crippen LogP contribution is -2.27. The normalized spacial score (nSPS) is 11.6. The summed E-state index contributed by atoms with van der Waals surface area (Å²) in [6.45, 7) is 1.60. The smallest absolute Gasteiger partial charge is 0.220 e. The van der Waals surface area contributed by atoms with Crippen LogP contribution in [-0.4, -0.2) is 36.2 Å². The van der Waals surface area contributed by atoms with Crippen molar-refractivity contribution in [2.24, 2.45) is 0 Å². The van der Waals surface area contributed by atoms with Gasteiger partial charge in [0.1, 0.15) is 12.4 Å². The van der Waals surface area contributed by atoms with Crippen LogP contribution < -0.4 is 19.5 Å². The van der Waals surface area contributed by atoms with Gasteiger partial charge in [0, 0.05) is 60.8 Å². The Bertz CT molecular complexity index is 1900. The number of aromatic nitrogens is 2. The van der Waals surface area contributed by atoms with Gasteiger partial charge in [-0.3, -0.25) is 9.78 Å². The van der Waals surface area contributed by atoms with Crippen LogP contribution in [0, 0.1) is 0 Å². The van der Waals surface area contributed by atoms with Crippen LogP contribution in [0.3, 0.4) is 0 Å². The number of rotatable bonds is 14. The zero-order valence-electron chi connectivity index (χ0n) is 26.8. The second kappa shape index (κ2) is 15.1. The van der Waals surface area contributed by atoms with Gasteiger partial charge < -0.3 is 24.1 Å². The minimum Gasteiger partial charge on any atom is -0.497 e. The summed E-state index contributed by atoms with van der Waals surface area (Å²) in [5.41, 5.74) is 6.32. The fourth-order valence-electron chi connectivity index (χ4n) is 5.91. The number of carbonyl (C=O) groups excluding carboxylic acids is 1. The van der Waals surface area contributed by atoms with E-state index in [1.165, 1.54) is 0 Å². The number of pyridine rings is 1. The van der Waals surface area contributed by atoms with E-state index in [1.807, 2.05) is 78.9 Å². The molecule has 1 N–H and O–H groups in total. The van der Waals surface area contributed by atoms with Gasteiger partial charge in [0.25, 0.3) is 0 Å². The average molecular weight is 626 g/mol. The predicted octanol–water partition coefficient (Wildman–Crippen LogP) is 7.56. The quantitative estimate of drug-likeness (QED) is 0.135. The van der Waals surface area contributed by atoms with Crippen LogP contribution in [0.5, 0.6) is 17.2 Å². The Labute approximate surface area is 275 Å². The van der Waals surface area contributed by atoms with Gasteiger partial charge in [-0.25, -0.2) is 0 Å². The third kappa shape index (κ3) is 7.82. The minimum atomic E-state index is -0.239. The lowest BCUT2D eigenvalue weighted by atomic mass is 9.87. The maximum Gasteiger partial charge on any atom is 0.220 e. The summed E-state index contributed by atoms with van der Waals surface area (Å²) in [5.74, 6) is 1.84. The minimum absolute atomic E-state index is 0.0273. The third-order valence-electron chi connectivity index (χ3n) is 8.35. The van der Waals surface area contributed by atoms with E-state index in [9.17, 15) is 4.79 Å². The topological polar surface area (TPSA) is 74.6 Å². The van der Waals surface area contributed by atoms with Crippen LogP contribution in [0.1, 0.15) is 40.3 Å². The number of hydrogen-bond donors (Lipinski definition) is 1. The number of methoxy groups -OCH3 is 2. The molecule has 1 amide bonds. The first-order valence-corrected chi connectivity index (χ1v) is 15.8. The molecule has 0 radical (unpaired) electrons. The molecule has 0 unspecified atom stereocenters. The zero-order chi connectivity index (χ0) is 32.4. The van der Waals surface area contributed by atoms with Crippen molar-refractivity contribution in [1.29, 1.82) is 0 Å². The molecule has 238 valence electrons. The van der Waals surface area contributed by atoms with Crippen LogP contribution in [0.15, 0.2) is 128 Å². The molecule has 6 rings (SSSR count). The van der Waals surface area contributed by atoms with Gasteiger partial charge in [0.15, 0.2) is 11.5 Å². The molecule has 7 heteroatoms. The molecule has 0 fully saturated rings. The number of nitrogens with one attached hydrogen (secondary N) is 1. The second-order valence-electron chi connectivity index (χ2n) is 11.4. The van der Waals surface area contributed by atoms with Crippen LogP contribution >= 0.6 is 0 Å². The first-order chi connectivity index (χ1) is 23.1. The summed E-state index contributed by atoms with van der Waals surface area (Å²) in [5, 5.41) is 4.24. The van der Waals surface area contributed by atoms with Crippen molar-refractivity contribution in [1.82, 2.24) is 14.9 Å². The molecule has 0 bridgehead atoms. The lowest BCUT2D eigenvalue weighted by molar-refractivity contribution is -0.121. The highest BCUT2D eigenvalue weighted by atomic mass is 16.5. The van der Waals surface area contributed by atoms with E-state index in [4.69, 9.17) is 14.2 Å². The highest BCUT2D eigenvalue weighted by Crippen LogP contribution is 2.39. The molecule has 6 aromatic rings. The van der Waals surface area contributed by atoms with E-state index in [2.05, 4.69) is 57.5 Å². The van der Waals surface area contributed by atoms with Gasteiger partial charge in [-0.05, 0) is 64.7 Å².